The maximum atomic E-state index is 13.4. The topological polar surface area (TPSA) is 79.3 Å². The van der Waals surface area contributed by atoms with Crippen molar-refractivity contribution in [3.8, 4) is 0 Å². The lowest BCUT2D eigenvalue weighted by atomic mass is 10.2. The number of aromatic nitrogens is 1. The minimum atomic E-state index is -1.08. The Kier molecular flexibility index (Phi) is 4.09. The van der Waals surface area contributed by atoms with Gasteiger partial charge in [0.05, 0.1) is 23.0 Å². The van der Waals surface area contributed by atoms with E-state index >= 15 is 0 Å². The molecule has 1 amide bonds. The number of aromatic carboxylic acids is 1. The molecule has 102 valence electrons. The molecule has 0 aliphatic carbocycles. The van der Waals surface area contributed by atoms with Gasteiger partial charge in [-0.2, -0.15) is 0 Å². The van der Waals surface area contributed by atoms with Gasteiger partial charge >= 0.3 is 5.97 Å². The molecule has 0 saturated carbocycles. The predicted octanol–water partition coefficient (Wildman–Crippen LogP) is 2.93. The molecule has 0 spiro atoms. The molecule has 2 N–H and O–H groups in total. The molecule has 0 unspecified atom stereocenters. The van der Waals surface area contributed by atoms with Crippen molar-refractivity contribution in [1.82, 2.24) is 4.98 Å². The second-order valence-corrected chi connectivity index (χ2v) is 4.66. The lowest BCUT2D eigenvalue weighted by Crippen LogP contribution is -2.14. The van der Waals surface area contributed by atoms with E-state index in [2.05, 4.69) is 26.2 Å². The number of carboxylic acids is 1. The molecule has 0 radical (unpaired) electrons. The van der Waals surface area contributed by atoms with Crippen LogP contribution in [0.1, 0.15) is 20.7 Å². The zero-order valence-corrected chi connectivity index (χ0v) is 11.5. The lowest BCUT2D eigenvalue weighted by Gasteiger charge is -2.08. The number of hydrogen-bond donors (Lipinski definition) is 2. The number of nitrogens with zero attached hydrogens (tertiary/aromatic N) is 1. The van der Waals surface area contributed by atoms with E-state index in [-0.39, 0.29) is 11.1 Å². The van der Waals surface area contributed by atoms with Crippen LogP contribution in [0.25, 0.3) is 0 Å². The van der Waals surface area contributed by atoms with Gasteiger partial charge in [-0.25, -0.2) is 9.18 Å². The average Bonchev–Trinajstić information content (AvgIpc) is 2.41. The van der Waals surface area contributed by atoms with Crippen molar-refractivity contribution in [2.24, 2.45) is 0 Å². The van der Waals surface area contributed by atoms with Crippen LogP contribution in [0.2, 0.25) is 0 Å². The maximum Gasteiger partial charge on any atom is 0.335 e. The first-order valence-corrected chi connectivity index (χ1v) is 6.22. The third-order valence-corrected chi connectivity index (χ3v) is 3.14. The number of rotatable bonds is 3. The fourth-order valence-electron chi connectivity index (χ4n) is 1.50. The minimum Gasteiger partial charge on any atom is -0.478 e. The highest BCUT2D eigenvalue weighted by molar-refractivity contribution is 9.10. The smallest absolute Gasteiger partial charge is 0.335 e. The van der Waals surface area contributed by atoms with Crippen LogP contribution in [-0.4, -0.2) is 22.0 Å². The second-order valence-electron chi connectivity index (χ2n) is 3.81. The predicted molar refractivity (Wildman–Crippen MR) is 73.2 cm³/mol. The monoisotopic (exact) mass is 338 g/mol. The largest absolute Gasteiger partial charge is 0.478 e. The van der Waals surface area contributed by atoms with Crippen LogP contribution in [0.4, 0.5) is 10.1 Å². The Hall–Kier alpha value is -2.28. The zero-order chi connectivity index (χ0) is 14.7. The second kappa shape index (κ2) is 5.79. The summed E-state index contributed by atoms with van der Waals surface area (Å²) in [6.45, 7) is 0. The first-order chi connectivity index (χ1) is 9.49. The van der Waals surface area contributed by atoms with E-state index in [0.29, 0.717) is 10.2 Å². The highest BCUT2D eigenvalue weighted by Gasteiger charge is 2.14. The van der Waals surface area contributed by atoms with Crippen LogP contribution < -0.4 is 5.32 Å². The van der Waals surface area contributed by atoms with Crippen LogP contribution >= 0.6 is 15.9 Å². The van der Waals surface area contributed by atoms with Crippen LogP contribution in [0.5, 0.6) is 0 Å². The molecule has 0 aliphatic rings. The van der Waals surface area contributed by atoms with Gasteiger partial charge in [-0.05, 0) is 40.2 Å². The van der Waals surface area contributed by atoms with Gasteiger partial charge in [-0.1, -0.05) is 0 Å². The molecule has 2 rings (SSSR count). The van der Waals surface area contributed by atoms with Gasteiger partial charge in [0, 0.05) is 10.7 Å². The average molecular weight is 339 g/mol. The number of hydrogen-bond acceptors (Lipinski definition) is 3. The third-order valence-electron chi connectivity index (χ3n) is 2.48. The maximum absolute atomic E-state index is 13.4. The van der Waals surface area contributed by atoms with Crippen LogP contribution in [0.3, 0.4) is 0 Å². The molecule has 2 aromatic rings. The van der Waals surface area contributed by atoms with Gasteiger partial charge in [0.15, 0.2) is 5.82 Å². The summed E-state index contributed by atoms with van der Waals surface area (Å²) in [4.78, 5) is 26.2. The number of amides is 1. The van der Waals surface area contributed by atoms with Gasteiger partial charge in [0.25, 0.3) is 5.91 Å². The Bertz CT molecular complexity index is 691. The molecule has 1 aromatic carbocycles. The Labute approximate surface area is 121 Å². The molecule has 5 nitrogen and oxygen atoms in total. The standard InChI is InChI=1S/C13H8BrFN2O3/c14-9-5-7(13(19)20)1-2-11(9)17-12(18)8-3-4-16-6-10(8)15/h1-6H,(H,17,18)(H,19,20). The molecule has 20 heavy (non-hydrogen) atoms. The van der Waals surface area contributed by atoms with Gasteiger partial charge in [0.2, 0.25) is 0 Å². The molecule has 7 heteroatoms. The molecule has 0 fully saturated rings. The Morgan fingerprint density at radius 3 is 2.65 bits per heavy atom. The van der Waals surface area contributed by atoms with Crippen molar-refractivity contribution in [2.45, 2.75) is 0 Å². The molecule has 0 bridgehead atoms. The number of nitrogens with one attached hydrogen (secondary N) is 1. The van der Waals surface area contributed by atoms with Crippen LogP contribution in [-0.2, 0) is 0 Å². The third kappa shape index (κ3) is 3.00. The Balaban J connectivity index is 2.25. The summed E-state index contributed by atoms with van der Waals surface area (Å²) in [6, 6.07) is 5.36. The fourth-order valence-corrected chi connectivity index (χ4v) is 1.98. The van der Waals surface area contributed by atoms with Crippen molar-refractivity contribution < 1.29 is 19.1 Å². The van der Waals surface area contributed by atoms with Crippen molar-refractivity contribution >= 4 is 33.5 Å². The van der Waals surface area contributed by atoms with Crippen molar-refractivity contribution in [2.75, 3.05) is 5.32 Å². The highest BCUT2D eigenvalue weighted by Crippen LogP contribution is 2.24. The molecule has 0 saturated heterocycles. The first kappa shape index (κ1) is 14.1. The number of carbonyl (C=O) groups excluding carboxylic acids is 1. The van der Waals surface area contributed by atoms with Gasteiger partial charge in [0.1, 0.15) is 0 Å². The molecule has 0 atom stereocenters. The zero-order valence-electron chi connectivity index (χ0n) is 9.93. The summed E-state index contributed by atoms with van der Waals surface area (Å²) in [5, 5.41) is 11.3. The quantitative estimate of drug-likeness (QED) is 0.901. The van der Waals surface area contributed by atoms with E-state index in [4.69, 9.17) is 5.11 Å². The van der Waals surface area contributed by atoms with E-state index in [1.165, 1.54) is 30.5 Å². The van der Waals surface area contributed by atoms with Crippen LogP contribution in [0.15, 0.2) is 41.1 Å². The van der Waals surface area contributed by atoms with E-state index in [1.54, 1.807) is 0 Å². The fraction of sp³-hybridized carbons (Fsp3) is 0. The summed E-state index contributed by atoms with van der Waals surface area (Å²) >= 11 is 3.15. The van der Waals surface area contributed by atoms with E-state index in [1.807, 2.05) is 0 Å². The Morgan fingerprint density at radius 2 is 2.05 bits per heavy atom. The number of pyridine rings is 1. The molecule has 0 aliphatic heterocycles. The van der Waals surface area contributed by atoms with E-state index < -0.39 is 17.7 Å². The van der Waals surface area contributed by atoms with E-state index in [9.17, 15) is 14.0 Å². The lowest BCUT2D eigenvalue weighted by molar-refractivity contribution is 0.0696. The van der Waals surface area contributed by atoms with Crippen LogP contribution in [0, 0.1) is 5.82 Å². The van der Waals surface area contributed by atoms with Crippen molar-refractivity contribution in [1.29, 1.82) is 0 Å². The molecular weight excluding hydrogens is 331 g/mol. The normalized spacial score (nSPS) is 10.1. The van der Waals surface area contributed by atoms with Gasteiger partial charge in [-0.3, -0.25) is 9.78 Å². The summed E-state index contributed by atoms with van der Waals surface area (Å²) in [7, 11) is 0. The first-order valence-electron chi connectivity index (χ1n) is 5.42. The summed E-state index contributed by atoms with van der Waals surface area (Å²) in [5.41, 5.74) is 0.274. The number of anilines is 1. The summed E-state index contributed by atoms with van der Waals surface area (Å²) in [6.07, 6.45) is 2.25. The van der Waals surface area contributed by atoms with E-state index in [0.717, 1.165) is 6.20 Å². The molecule has 1 heterocycles. The SMILES string of the molecule is O=C(O)c1ccc(NC(=O)c2ccncc2F)c(Br)c1. The Morgan fingerprint density at radius 1 is 1.30 bits per heavy atom. The summed E-state index contributed by atoms with van der Waals surface area (Å²) < 4.78 is 13.8. The summed E-state index contributed by atoms with van der Waals surface area (Å²) in [5.74, 6) is -2.46. The minimum absolute atomic E-state index is 0.0740. The molecule has 1 aromatic heterocycles. The highest BCUT2D eigenvalue weighted by atomic mass is 79.9. The van der Waals surface area contributed by atoms with Gasteiger partial charge in [-0.15, -0.1) is 0 Å². The number of carbonyl (C=O) groups is 2. The number of carboxylic acid groups (broad SMARTS) is 1. The molecular formula is C13H8BrFN2O3. The van der Waals surface area contributed by atoms with Crippen molar-refractivity contribution in [3.05, 3.63) is 58.1 Å². The number of benzene rings is 1. The van der Waals surface area contributed by atoms with Crippen molar-refractivity contribution in [3.63, 3.8) is 0 Å². The van der Waals surface area contributed by atoms with Gasteiger partial charge < -0.3 is 10.4 Å². The number of halogens is 2.